The molecule has 2 nitrogen and oxygen atoms in total. The Kier molecular flexibility index (Phi) is 5.66. The molecule has 0 radical (unpaired) electrons. The fourth-order valence-electron chi connectivity index (χ4n) is 7.42. The third-order valence-electron chi connectivity index (χ3n) is 9.48. The normalized spacial score (nSPS) is 11.4. The molecule has 0 fully saturated rings. The average molecular weight is 581 g/mol. The van der Waals surface area contributed by atoms with Gasteiger partial charge in [-0.15, -0.1) is 0 Å². The fourth-order valence-corrected chi connectivity index (χ4v) is 7.42. The van der Waals surface area contributed by atoms with E-state index >= 15 is 0 Å². The van der Waals surface area contributed by atoms with Crippen molar-refractivity contribution in [3.05, 3.63) is 163 Å². The maximum atomic E-state index is 9.45. The third-order valence-corrected chi connectivity index (χ3v) is 9.48. The van der Waals surface area contributed by atoms with E-state index in [2.05, 4.69) is 120 Å². The summed E-state index contributed by atoms with van der Waals surface area (Å²) in [5.41, 5.74) is 13.0. The number of fused-ring (bicyclic) bond motifs is 6. The van der Waals surface area contributed by atoms with Gasteiger partial charge >= 0.3 is 0 Å². The van der Waals surface area contributed by atoms with E-state index in [0.29, 0.717) is 11.3 Å². The highest BCUT2D eigenvalue weighted by Gasteiger charge is 2.29. The second kappa shape index (κ2) is 10.0. The topological polar surface area (TPSA) is 28.1 Å². The predicted molar refractivity (Wildman–Crippen MR) is 191 cm³/mol. The molecule has 0 N–H and O–H groups in total. The van der Waals surface area contributed by atoms with Crippen LogP contribution in [0.2, 0.25) is 0 Å². The second-order valence-corrected chi connectivity index (χ2v) is 11.8. The molecule has 46 heavy (non-hydrogen) atoms. The second-order valence-electron chi connectivity index (χ2n) is 11.8. The van der Waals surface area contributed by atoms with E-state index in [9.17, 15) is 5.26 Å². The van der Waals surface area contributed by atoms with E-state index in [0.717, 1.165) is 22.3 Å². The van der Waals surface area contributed by atoms with Crippen LogP contribution in [0, 0.1) is 17.9 Å². The van der Waals surface area contributed by atoms with E-state index in [1.807, 2.05) is 36.4 Å². The molecule has 0 saturated carbocycles. The van der Waals surface area contributed by atoms with Crippen LogP contribution in [0.4, 0.5) is 5.69 Å². The van der Waals surface area contributed by atoms with Crippen molar-refractivity contribution in [1.29, 1.82) is 5.26 Å². The van der Waals surface area contributed by atoms with Gasteiger partial charge in [-0.05, 0) is 106 Å². The van der Waals surface area contributed by atoms with E-state index < -0.39 is 0 Å². The summed E-state index contributed by atoms with van der Waals surface area (Å²) in [5.74, 6) is 0. The van der Waals surface area contributed by atoms with E-state index in [1.165, 1.54) is 65.7 Å². The third kappa shape index (κ3) is 3.75. The number of hydrogen-bond donors (Lipinski definition) is 0. The smallest absolute Gasteiger partial charge is 0.187 e. The molecule has 1 aliphatic carbocycles. The molecule has 0 saturated heterocycles. The van der Waals surface area contributed by atoms with Gasteiger partial charge in [-0.1, -0.05) is 127 Å². The van der Waals surface area contributed by atoms with Gasteiger partial charge in [0.05, 0.1) is 18.2 Å². The number of rotatable bonds is 3. The number of benzene rings is 8. The van der Waals surface area contributed by atoms with Gasteiger partial charge in [-0.2, -0.15) is 5.26 Å². The maximum Gasteiger partial charge on any atom is 0.187 e. The lowest BCUT2D eigenvalue weighted by molar-refractivity contribution is 1.48. The van der Waals surface area contributed by atoms with Crippen molar-refractivity contribution < 1.29 is 0 Å². The van der Waals surface area contributed by atoms with Crippen molar-refractivity contribution in [3.8, 4) is 61.7 Å². The first-order chi connectivity index (χ1) is 22.7. The summed E-state index contributed by atoms with van der Waals surface area (Å²) in [6.45, 7) is 7.45. The van der Waals surface area contributed by atoms with Crippen LogP contribution >= 0.6 is 0 Å². The molecule has 8 aromatic rings. The molecule has 0 unspecified atom stereocenters. The van der Waals surface area contributed by atoms with Crippen LogP contribution in [-0.4, -0.2) is 0 Å². The van der Waals surface area contributed by atoms with Gasteiger partial charge in [-0.3, -0.25) is 0 Å². The Morgan fingerprint density at radius 1 is 0.457 bits per heavy atom. The fraction of sp³-hybridized carbons (Fsp3) is 0. The Morgan fingerprint density at radius 2 is 1.02 bits per heavy atom. The van der Waals surface area contributed by atoms with Gasteiger partial charge in [0.25, 0.3) is 0 Å². The van der Waals surface area contributed by atoms with Gasteiger partial charge in [0.15, 0.2) is 5.69 Å². The van der Waals surface area contributed by atoms with Gasteiger partial charge < -0.3 is 0 Å². The van der Waals surface area contributed by atoms with Gasteiger partial charge in [0.1, 0.15) is 0 Å². The minimum absolute atomic E-state index is 0.632. The van der Waals surface area contributed by atoms with Crippen molar-refractivity contribution in [2.24, 2.45) is 0 Å². The molecule has 0 atom stereocenters. The number of hydrogen-bond acceptors (Lipinski definition) is 1. The average Bonchev–Trinajstić information content (AvgIpc) is 3.47. The summed E-state index contributed by atoms with van der Waals surface area (Å²) in [6.07, 6.45) is 0. The van der Waals surface area contributed by atoms with Crippen molar-refractivity contribution in [2.45, 2.75) is 0 Å². The Labute approximate surface area is 266 Å². The first-order valence-corrected chi connectivity index (χ1v) is 15.4. The summed E-state index contributed by atoms with van der Waals surface area (Å²) in [6, 6.07) is 53.5. The quantitative estimate of drug-likeness (QED) is 0.151. The van der Waals surface area contributed by atoms with Crippen LogP contribution in [0.25, 0.3) is 92.8 Å². The Bertz CT molecular complexity index is 2540. The highest BCUT2D eigenvalue weighted by Crippen LogP contribution is 2.56. The Balaban J connectivity index is 1.36. The summed E-state index contributed by atoms with van der Waals surface area (Å²) >= 11 is 0. The van der Waals surface area contributed by atoms with E-state index in [4.69, 9.17) is 6.57 Å². The SMILES string of the molecule is [C-]#[N+]c1ccc(-c2ccc(-c3ccc(C#N)cc3)c3c2-c2cccc4c(-c5cc6ccccc6c6ccccc56)ccc-3c24)cc1. The number of nitrogens with zero attached hydrogens (tertiary/aromatic N) is 2. The first-order valence-electron chi connectivity index (χ1n) is 15.4. The molecule has 0 amide bonds. The largest absolute Gasteiger partial charge is 0.238 e. The van der Waals surface area contributed by atoms with Crippen molar-refractivity contribution >= 4 is 38.0 Å². The molecule has 2 heteroatoms. The van der Waals surface area contributed by atoms with Crippen LogP contribution in [0.3, 0.4) is 0 Å². The lowest BCUT2D eigenvalue weighted by Gasteiger charge is -2.16. The lowest BCUT2D eigenvalue weighted by Crippen LogP contribution is -1.90. The van der Waals surface area contributed by atoms with Gasteiger partial charge in [0.2, 0.25) is 0 Å². The molecule has 1 aliphatic rings. The minimum Gasteiger partial charge on any atom is -0.238 e. The molecule has 0 spiro atoms. The zero-order chi connectivity index (χ0) is 30.8. The lowest BCUT2D eigenvalue weighted by atomic mass is 9.87. The van der Waals surface area contributed by atoms with Crippen LogP contribution in [0.5, 0.6) is 0 Å². The first kappa shape index (κ1) is 26.0. The predicted octanol–water partition coefficient (Wildman–Crippen LogP) is 12.2. The molecule has 8 aromatic carbocycles. The van der Waals surface area contributed by atoms with Gasteiger partial charge in [0, 0.05) is 0 Å². The molecule has 210 valence electrons. The molecule has 0 aliphatic heterocycles. The Hall–Kier alpha value is -6.48. The van der Waals surface area contributed by atoms with Crippen LogP contribution < -0.4 is 0 Å². The van der Waals surface area contributed by atoms with E-state index in [-0.39, 0.29) is 0 Å². The summed E-state index contributed by atoms with van der Waals surface area (Å²) in [4.78, 5) is 3.62. The zero-order valence-corrected chi connectivity index (χ0v) is 24.8. The number of nitriles is 1. The molecule has 9 rings (SSSR count). The summed E-state index contributed by atoms with van der Waals surface area (Å²) < 4.78 is 0. The monoisotopic (exact) mass is 580 g/mol. The molecule has 0 aromatic heterocycles. The zero-order valence-electron chi connectivity index (χ0n) is 24.8. The minimum atomic E-state index is 0.632. The van der Waals surface area contributed by atoms with Crippen LogP contribution in [-0.2, 0) is 0 Å². The molecular weight excluding hydrogens is 556 g/mol. The Morgan fingerprint density at radius 3 is 1.72 bits per heavy atom. The summed E-state index contributed by atoms with van der Waals surface area (Å²) in [5, 5.41) is 16.9. The van der Waals surface area contributed by atoms with Crippen molar-refractivity contribution in [2.75, 3.05) is 0 Å². The maximum absolute atomic E-state index is 9.45. The van der Waals surface area contributed by atoms with Crippen molar-refractivity contribution in [3.63, 3.8) is 0 Å². The summed E-state index contributed by atoms with van der Waals surface area (Å²) in [7, 11) is 0. The molecular formula is C44H24N2. The standard InChI is InChI=1S/C44H24N2/c1-46-31-19-17-29(18-20-31)34-22-21-33(28-15-13-27(26-45)14-16-28)44-40-24-23-37(38-11-6-12-39(42(38)40)43(34)44)41-25-30-7-2-3-8-32(30)35-9-4-5-10-36(35)41/h2-25H. The van der Waals surface area contributed by atoms with Gasteiger partial charge in [-0.25, -0.2) is 4.85 Å². The molecule has 0 heterocycles. The van der Waals surface area contributed by atoms with Crippen LogP contribution in [0.15, 0.2) is 146 Å². The van der Waals surface area contributed by atoms with Crippen LogP contribution in [0.1, 0.15) is 5.56 Å². The highest BCUT2D eigenvalue weighted by molar-refractivity contribution is 6.25. The highest BCUT2D eigenvalue weighted by atomic mass is 14.6. The molecule has 0 bridgehead atoms. The van der Waals surface area contributed by atoms with E-state index in [1.54, 1.807) is 0 Å². The van der Waals surface area contributed by atoms with Crippen molar-refractivity contribution in [1.82, 2.24) is 0 Å².